The first kappa shape index (κ1) is 22.1. The molecule has 1 atom stereocenters. The van der Waals surface area contributed by atoms with E-state index in [1.807, 2.05) is 12.1 Å². The summed E-state index contributed by atoms with van der Waals surface area (Å²) in [5, 5.41) is 2.60. The van der Waals surface area contributed by atoms with Crippen molar-refractivity contribution in [3.8, 4) is 11.1 Å². The summed E-state index contributed by atoms with van der Waals surface area (Å²) in [5.74, 6) is -2.64. The maximum Gasteiger partial charge on any atom is 0.330 e. The highest BCUT2D eigenvalue weighted by Crippen LogP contribution is 2.20. The van der Waals surface area contributed by atoms with Crippen LogP contribution in [0.2, 0.25) is 0 Å². The molecule has 6 nitrogen and oxygen atoms in total. The molecule has 3 rings (SSSR count). The van der Waals surface area contributed by atoms with Gasteiger partial charge < -0.3 is 9.88 Å². The Bertz CT molecular complexity index is 1240. The van der Waals surface area contributed by atoms with Crippen LogP contribution in [-0.2, 0) is 20.5 Å². The van der Waals surface area contributed by atoms with Gasteiger partial charge in [-0.05, 0) is 43.5 Å². The van der Waals surface area contributed by atoms with E-state index in [9.17, 15) is 23.2 Å². The first-order valence-electron chi connectivity index (χ1n) is 9.72. The maximum atomic E-state index is 13.8. The summed E-state index contributed by atoms with van der Waals surface area (Å²) in [6.07, 6.45) is 0.423. The van der Waals surface area contributed by atoms with E-state index < -0.39 is 28.8 Å². The van der Waals surface area contributed by atoms with Crippen LogP contribution in [0.5, 0.6) is 0 Å². The molecular weight excluding hydrogens is 404 g/mol. The molecule has 8 heteroatoms. The molecule has 1 amide bonds. The number of carbonyl (C=O) groups is 1. The lowest BCUT2D eigenvalue weighted by Crippen LogP contribution is -2.39. The minimum atomic E-state index is -0.914. The van der Waals surface area contributed by atoms with Crippen molar-refractivity contribution in [2.45, 2.75) is 26.3 Å². The molecule has 0 aliphatic carbocycles. The molecule has 31 heavy (non-hydrogen) atoms. The van der Waals surface area contributed by atoms with Crippen molar-refractivity contribution in [2.24, 2.45) is 14.1 Å². The van der Waals surface area contributed by atoms with Crippen LogP contribution in [0, 0.1) is 18.6 Å². The van der Waals surface area contributed by atoms with Gasteiger partial charge >= 0.3 is 5.69 Å². The zero-order valence-electron chi connectivity index (χ0n) is 17.7. The third-order valence-corrected chi connectivity index (χ3v) is 5.31. The molecule has 0 radical (unpaired) electrons. The largest absolute Gasteiger partial charge is 0.349 e. The summed E-state index contributed by atoms with van der Waals surface area (Å²) in [7, 11) is 3.04. The van der Waals surface area contributed by atoms with Gasteiger partial charge in [-0.15, -0.1) is 0 Å². The average Bonchev–Trinajstić information content (AvgIpc) is 2.72. The van der Waals surface area contributed by atoms with Crippen LogP contribution in [0.1, 0.15) is 28.5 Å². The van der Waals surface area contributed by atoms with Crippen LogP contribution in [0.3, 0.4) is 0 Å². The van der Waals surface area contributed by atoms with Gasteiger partial charge in [-0.3, -0.25) is 14.2 Å². The van der Waals surface area contributed by atoms with Crippen LogP contribution in [-0.4, -0.2) is 21.1 Å². The fraction of sp³-hybridized carbons (Fsp3) is 0.261. The number of rotatable bonds is 5. The van der Waals surface area contributed by atoms with E-state index in [-0.39, 0.29) is 11.6 Å². The molecule has 1 N–H and O–H groups in total. The number of benzene rings is 2. The number of carbonyl (C=O) groups excluding carboxylic acids is 1. The van der Waals surface area contributed by atoms with Gasteiger partial charge in [0.05, 0.1) is 5.56 Å². The number of halogens is 2. The predicted octanol–water partition coefficient (Wildman–Crippen LogP) is 2.70. The molecular formula is C23H23F2N3O3. The van der Waals surface area contributed by atoms with Crippen LogP contribution in [0.15, 0.2) is 52.1 Å². The fourth-order valence-electron chi connectivity index (χ4n) is 3.50. The van der Waals surface area contributed by atoms with E-state index in [1.54, 1.807) is 33.0 Å². The van der Waals surface area contributed by atoms with Crippen molar-refractivity contribution < 1.29 is 13.6 Å². The average molecular weight is 427 g/mol. The second-order valence-electron chi connectivity index (χ2n) is 7.54. The summed E-state index contributed by atoms with van der Waals surface area (Å²) in [5.41, 5.74) is 1.17. The third kappa shape index (κ3) is 4.33. The van der Waals surface area contributed by atoms with Crippen molar-refractivity contribution in [1.82, 2.24) is 14.5 Å². The molecule has 162 valence electrons. The first-order chi connectivity index (χ1) is 14.6. The van der Waals surface area contributed by atoms with E-state index >= 15 is 0 Å². The summed E-state index contributed by atoms with van der Waals surface area (Å²) in [4.78, 5) is 36.9. The van der Waals surface area contributed by atoms with Gasteiger partial charge in [0.2, 0.25) is 0 Å². The second-order valence-corrected chi connectivity index (χ2v) is 7.54. The Kier molecular flexibility index (Phi) is 6.19. The van der Waals surface area contributed by atoms with Crippen molar-refractivity contribution in [3.63, 3.8) is 0 Å². The van der Waals surface area contributed by atoms with Crippen LogP contribution in [0.25, 0.3) is 11.1 Å². The minimum absolute atomic E-state index is 0.374. The first-order valence-corrected chi connectivity index (χ1v) is 9.72. The highest BCUT2D eigenvalue weighted by atomic mass is 19.1. The smallest absolute Gasteiger partial charge is 0.330 e. The molecule has 0 aliphatic heterocycles. The van der Waals surface area contributed by atoms with Gasteiger partial charge in [-0.2, -0.15) is 0 Å². The number of aromatic nitrogens is 2. The molecule has 1 aromatic heterocycles. The Hall–Kier alpha value is -3.55. The molecule has 0 aliphatic rings. The highest BCUT2D eigenvalue weighted by molar-refractivity contribution is 5.94. The number of nitrogens with zero attached hydrogens (tertiary/aromatic N) is 2. The topological polar surface area (TPSA) is 73.1 Å². The molecule has 0 spiro atoms. The van der Waals surface area contributed by atoms with Gasteiger partial charge in [0, 0.05) is 25.8 Å². The molecule has 0 saturated heterocycles. The summed E-state index contributed by atoms with van der Waals surface area (Å²) >= 11 is 0. The number of hydrogen-bond acceptors (Lipinski definition) is 3. The van der Waals surface area contributed by atoms with Gasteiger partial charge in [-0.25, -0.2) is 13.6 Å². The highest BCUT2D eigenvalue weighted by Gasteiger charge is 2.19. The van der Waals surface area contributed by atoms with E-state index in [0.29, 0.717) is 23.2 Å². The molecule has 2 aromatic carbocycles. The summed E-state index contributed by atoms with van der Waals surface area (Å²) in [6, 6.07) is 10.1. The predicted molar refractivity (Wildman–Crippen MR) is 114 cm³/mol. The van der Waals surface area contributed by atoms with Crippen molar-refractivity contribution in [3.05, 3.63) is 91.8 Å². The third-order valence-electron chi connectivity index (χ3n) is 5.31. The van der Waals surface area contributed by atoms with Gasteiger partial charge in [0.1, 0.15) is 17.2 Å². The van der Waals surface area contributed by atoms with E-state index in [1.165, 1.54) is 17.7 Å². The maximum absolute atomic E-state index is 13.8. The summed E-state index contributed by atoms with van der Waals surface area (Å²) in [6.45, 7) is 3.45. The Balaban J connectivity index is 1.78. The monoisotopic (exact) mass is 427 g/mol. The zero-order valence-corrected chi connectivity index (χ0v) is 17.7. The molecule has 0 saturated carbocycles. The van der Waals surface area contributed by atoms with Gasteiger partial charge in [0.25, 0.3) is 11.5 Å². The van der Waals surface area contributed by atoms with E-state index in [2.05, 4.69) is 5.32 Å². The lowest BCUT2D eigenvalue weighted by Gasteiger charge is -2.16. The molecule has 1 heterocycles. The lowest BCUT2D eigenvalue weighted by molar-refractivity contribution is 0.0931. The summed E-state index contributed by atoms with van der Waals surface area (Å²) < 4.78 is 30.0. The van der Waals surface area contributed by atoms with Crippen LogP contribution in [0.4, 0.5) is 8.78 Å². The van der Waals surface area contributed by atoms with E-state index in [0.717, 1.165) is 22.3 Å². The quantitative estimate of drug-likeness (QED) is 0.681. The van der Waals surface area contributed by atoms with Crippen molar-refractivity contribution in [1.29, 1.82) is 0 Å². The van der Waals surface area contributed by atoms with Crippen molar-refractivity contribution in [2.75, 3.05) is 0 Å². The SMILES string of the molecule is Cc1c(-c2ccc(CC(C)NC(=O)c3c(F)cccc3F)cc2)c(=O)n(C)c(=O)n1C. The van der Waals surface area contributed by atoms with Gasteiger partial charge in [0.15, 0.2) is 0 Å². The normalized spacial score (nSPS) is 11.9. The fourth-order valence-corrected chi connectivity index (χ4v) is 3.50. The lowest BCUT2D eigenvalue weighted by atomic mass is 10.0. The minimum Gasteiger partial charge on any atom is -0.349 e. The molecule has 0 bridgehead atoms. The molecule has 0 fully saturated rings. The zero-order chi connectivity index (χ0) is 22.9. The Morgan fingerprint density at radius 2 is 1.58 bits per heavy atom. The number of amides is 1. The number of nitrogens with one attached hydrogen (secondary N) is 1. The number of hydrogen-bond donors (Lipinski definition) is 1. The second kappa shape index (κ2) is 8.67. The van der Waals surface area contributed by atoms with Crippen molar-refractivity contribution >= 4 is 5.91 Å². The van der Waals surface area contributed by atoms with Crippen LogP contribution >= 0.6 is 0 Å². The standard InChI is InChI=1S/C23H23F2N3O3/c1-13(26-21(29)20-17(24)6-5-7-18(20)25)12-15-8-10-16(11-9-15)19-14(2)27(3)23(31)28(4)22(19)30/h5-11,13H,12H2,1-4H3,(H,26,29). The molecule has 1 unspecified atom stereocenters. The Labute approximate surface area is 177 Å². The van der Waals surface area contributed by atoms with Gasteiger partial charge in [-0.1, -0.05) is 30.3 Å². The Morgan fingerprint density at radius 1 is 1.00 bits per heavy atom. The van der Waals surface area contributed by atoms with Crippen LogP contribution < -0.4 is 16.6 Å². The molecule has 3 aromatic rings. The Morgan fingerprint density at radius 3 is 2.16 bits per heavy atom. The van der Waals surface area contributed by atoms with E-state index in [4.69, 9.17) is 0 Å².